The molecule has 0 unspecified atom stereocenters. The molecule has 6 heteroatoms. The van der Waals surface area contributed by atoms with Crippen molar-refractivity contribution in [3.63, 3.8) is 0 Å². The van der Waals surface area contributed by atoms with Gasteiger partial charge in [0, 0.05) is 44.3 Å². The summed E-state index contributed by atoms with van der Waals surface area (Å²) in [6, 6.07) is 123. The predicted octanol–water partition coefficient (Wildman–Crippen LogP) is 29.1. The topological polar surface area (TPSA) is 35.9 Å². The molecule has 0 aliphatic rings. The van der Waals surface area contributed by atoms with Gasteiger partial charge in [-0.2, -0.15) is 18.2 Å². The summed E-state index contributed by atoms with van der Waals surface area (Å²) < 4.78 is 13.8. The molecule has 576 valence electrons. The van der Waals surface area contributed by atoms with Gasteiger partial charge in [0.2, 0.25) is 0 Å². The minimum atomic E-state index is -0.138. The number of rotatable bonds is 14. The SMILES string of the molecule is CC(C)(C)c1cc(-c2cc(-c3cc(C(C)(C)C)cc(C(C)(C)C)c3)cc(-c3ccc4c(c3)c3ccc(Oc5[c-]c(-n6[c-][n+](-c7c(-c8cc(-c9ccccc9)cc(-c9ccccc9)c8)cccc7-c7cc(-c8ccccc8)cc(-c8ccccc8)c7)c7ccccc76)ccc5)[c-]c3n4-c3cc(C(C)(C)C)ccn3)c2)cc(C(C)(C)C)c1.[Pt]. The maximum absolute atomic E-state index is 7.10. The number of pyridine rings is 1. The molecule has 3 aromatic heterocycles. The molecule has 17 rings (SSSR count). The zero-order valence-electron chi connectivity index (χ0n) is 69.1. The molecular formula is C110H98N4OPt-2. The van der Waals surface area contributed by atoms with Crippen LogP contribution in [0.4, 0.5) is 0 Å². The van der Waals surface area contributed by atoms with Crippen LogP contribution in [0.25, 0.3) is 150 Å². The molecule has 17 aromatic rings. The van der Waals surface area contributed by atoms with Crippen LogP contribution in [-0.4, -0.2) is 14.1 Å². The van der Waals surface area contributed by atoms with E-state index in [0.29, 0.717) is 11.5 Å². The summed E-state index contributed by atoms with van der Waals surface area (Å²) in [6.45, 7) is 34.7. The van der Waals surface area contributed by atoms with E-state index in [0.717, 1.165) is 128 Å². The van der Waals surface area contributed by atoms with Crippen LogP contribution >= 0.6 is 0 Å². The Morgan fingerprint density at radius 3 is 1.15 bits per heavy atom. The summed E-state index contributed by atoms with van der Waals surface area (Å²) >= 11 is 0. The molecule has 0 bridgehead atoms. The maximum Gasteiger partial charge on any atom is 0.268 e. The van der Waals surface area contributed by atoms with Gasteiger partial charge in [-0.1, -0.05) is 322 Å². The van der Waals surface area contributed by atoms with Crippen molar-refractivity contribution in [3.8, 4) is 129 Å². The second-order valence-electron chi connectivity index (χ2n) is 36.2. The Bertz CT molecular complexity index is 6130. The molecule has 0 saturated heterocycles. The Morgan fingerprint density at radius 1 is 0.293 bits per heavy atom. The summed E-state index contributed by atoms with van der Waals surface area (Å²) in [6.07, 6.45) is 5.94. The Labute approximate surface area is 700 Å². The van der Waals surface area contributed by atoms with Crippen molar-refractivity contribution < 1.29 is 30.4 Å². The molecule has 0 amide bonds. The molecular weight excluding hydrogens is 1590 g/mol. The Hall–Kier alpha value is -12.0. The molecule has 0 N–H and O–H groups in total. The van der Waals surface area contributed by atoms with Crippen molar-refractivity contribution in [3.05, 3.63) is 368 Å². The van der Waals surface area contributed by atoms with Crippen LogP contribution in [0.5, 0.6) is 11.5 Å². The number of nitrogens with zero attached hydrogens (tertiary/aromatic N) is 4. The first-order valence-corrected chi connectivity index (χ1v) is 40.4. The van der Waals surface area contributed by atoms with E-state index in [1.807, 2.05) is 18.3 Å². The van der Waals surface area contributed by atoms with Crippen molar-refractivity contribution in [2.24, 2.45) is 0 Å². The number of ether oxygens (including phenoxy) is 1. The zero-order chi connectivity index (χ0) is 79.9. The number of aromatic nitrogens is 4. The summed E-state index contributed by atoms with van der Waals surface area (Å²) in [4.78, 5) is 5.17. The monoisotopic (exact) mass is 1690 g/mol. The van der Waals surface area contributed by atoms with Crippen LogP contribution in [0.2, 0.25) is 0 Å². The smallest absolute Gasteiger partial charge is 0.268 e. The molecule has 116 heavy (non-hydrogen) atoms. The average Bonchev–Trinajstić information content (AvgIpc) is 1.49. The van der Waals surface area contributed by atoms with Gasteiger partial charge in [-0.15, -0.1) is 29.7 Å². The molecule has 0 saturated carbocycles. The van der Waals surface area contributed by atoms with Gasteiger partial charge in [0.25, 0.3) is 6.33 Å². The Morgan fingerprint density at radius 2 is 0.690 bits per heavy atom. The van der Waals surface area contributed by atoms with Gasteiger partial charge < -0.3 is 13.9 Å². The number of imidazole rings is 1. The maximum atomic E-state index is 7.10. The Balaban J connectivity index is 0.0000101. The van der Waals surface area contributed by atoms with Crippen molar-refractivity contribution in [2.75, 3.05) is 0 Å². The van der Waals surface area contributed by atoms with Crippen molar-refractivity contribution in [1.29, 1.82) is 0 Å². The minimum absolute atomic E-state index is 0. The number of para-hydroxylation sites is 3. The summed E-state index contributed by atoms with van der Waals surface area (Å²) in [5.74, 6) is 1.88. The zero-order valence-corrected chi connectivity index (χ0v) is 71.4. The summed E-state index contributed by atoms with van der Waals surface area (Å²) in [5.41, 5.74) is 32.0. The van der Waals surface area contributed by atoms with Gasteiger partial charge in [-0.3, -0.25) is 4.57 Å². The number of fused-ring (bicyclic) bond motifs is 4. The van der Waals surface area contributed by atoms with E-state index in [9.17, 15) is 0 Å². The van der Waals surface area contributed by atoms with Crippen LogP contribution in [-0.2, 0) is 48.1 Å². The van der Waals surface area contributed by atoms with E-state index >= 15 is 0 Å². The van der Waals surface area contributed by atoms with Gasteiger partial charge in [-0.25, -0.2) is 4.98 Å². The first-order valence-electron chi connectivity index (χ1n) is 40.4. The normalized spacial score (nSPS) is 12.2. The second-order valence-corrected chi connectivity index (χ2v) is 36.2. The fourth-order valence-corrected chi connectivity index (χ4v) is 16.0. The molecule has 3 heterocycles. The molecule has 0 fully saturated rings. The quantitative estimate of drug-likeness (QED) is 0.0803. The van der Waals surface area contributed by atoms with E-state index in [2.05, 4.69) is 439 Å². The Kier molecular flexibility index (Phi) is 20.6. The molecule has 5 nitrogen and oxygen atoms in total. The molecule has 0 spiro atoms. The fourth-order valence-electron chi connectivity index (χ4n) is 16.0. The van der Waals surface area contributed by atoms with Gasteiger partial charge >= 0.3 is 0 Å². The van der Waals surface area contributed by atoms with Crippen molar-refractivity contribution in [2.45, 2.75) is 131 Å². The molecule has 0 aliphatic heterocycles. The molecule has 0 aliphatic carbocycles. The van der Waals surface area contributed by atoms with Crippen LogP contribution in [0.15, 0.2) is 322 Å². The average molecular weight is 1690 g/mol. The predicted molar refractivity (Wildman–Crippen MR) is 482 cm³/mol. The summed E-state index contributed by atoms with van der Waals surface area (Å²) in [7, 11) is 0. The van der Waals surface area contributed by atoms with Crippen LogP contribution in [0.1, 0.15) is 132 Å². The number of hydrogen-bond donors (Lipinski definition) is 0. The largest absolute Gasteiger partial charge is 0.510 e. The molecule has 0 radical (unpaired) electrons. The van der Waals surface area contributed by atoms with Gasteiger partial charge in [0.15, 0.2) is 0 Å². The third-order valence-corrected chi connectivity index (χ3v) is 22.7. The van der Waals surface area contributed by atoms with E-state index in [1.54, 1.807) is 0 Å². The first kappa shape index (κ1) is 77.9. The van der Waals surface area contributed by atoms with Gasteiger partial charge in [-0.05, 0) is 239 Å². The van der Waals surface area contributed by atoms with Gasteiger partial charge in [0.05, 0.1) is 16.7 Å². The van der Waals surface area contributed by atoms with E-state index in [-0.39, 0.29) is 48.1 Å². The van der Waals surface area contributed by atoms with Crippen LogP contribution in [0, 0.1) is 18.5 Å². The number of hydrogen-bond acceptors (Lipinski definition) is 2. The van der Waals surface area contributed by atoms with E-state index < -0.39 is 0 Å². The van der Waals surface area contributed by atoms with Crippen molar-refractivity contribution >= 4 is 32.8 Å². The summed E-state index contributed by atoms with van der Waals surface area (Å²) in [5, 5.41) is 2.12. The molecule has 0 atom stereocenters. The minimum Gasteiger partial charge on any atom is -0.510 e. The van der Waals surface area contributed by atoms with Crippen LogP contribution in [0.3, 0.4) is 0 Å². The fraction of sp³-hybridized carbons (Fsp3) is 0.182. The van der Waals surface area contributed by atoms with Gasteiger partial charge in [0.1, 0.15) is 5.82 Å². The number of benzene rings is 14. The van der Waals surface area contributed by atoms with E-state index in [1.165, 1.54) is 50.1 Å². The van der Waals surface area contributed by atoms with Crippen LogP contribution < -0.4 is 9.30 Å². The first-order chi connectivity index (χ1) is 55.1. The molecule has 14 aromatic carbocycles. The van der Waals surface area contributed by atoms with E-state index in [4.69, 9.17) is 9.72 Å². The third-order valence-electron chi connectivity index (χ3n) is 22.7. The third kappa shape index (κ3) is 15.7. The van der Waals surface area contributed by atoms with Crippen molar-refractivity contribution in [1.82, 2.24) is 14.1 Å². The second kappa shape index (κ2) is 30.6. The standard InChI is InChI=1S/C110H98N4O.Pt/c1-106(2,3)88-50-51-111-104(68-88)114-100-49-46-76(81-54-82(84-61-89(107(4,5)6)66-90(62-84)108(7,8)9)56-83(55-81)85-63-91(109(10,11)12)67-92(64-85)110(13,14)15)65-99(100)98-48-47-95(70-103(98)114)115-94-41-30-40-93(69-94)112-71-113(102-45-29-28-44-101(102)112)105-96(86-57-77(72-32-20-16-21-33-72)52-78(58-86)73-34-22-17-23-35-73)42-31-43-97(105)87-59-79(74-36-24-18-25-37-74)53-80(60-87)75-38-26-19-27-39-75;/h16-68H,1-15H3;/q-2;.